The Morgan fingerprint density at radius 2 is 0.718 bits per heavy atom. The van der Waals surface area contributed by atoms with Gasteiger partial charge in [-0.2, -0.15) is 0 Å². The van der Waals surface area contributed by atoms with Crippen LogP contribution < -0.4 is 10.2 Å². The van der Waals surface area contributed by atoms with Crippen molar-refractivity contribution in [2.45, 2.75) is 360 Å². The molecule has 0 aliphatic rings. The average Bonchev–Trinajstić information content (AvgIpc) is 3.41. The van der Waals surface area contributed by atoms with E-state index in [9.17, 15) is 19.4 Å². The molecule has 9 heteroatoms. The summed E-state index contributed by atoms with van der Waals surface area (Å²) in [5, 5.41) is 13.9. The predicted octanol–water partition coefficient (Wildman–Crippen LogP) is 21.0. The summed E-state index contributed by atoms with van der Waals surface area (Å²) >= 11 is 0. The highest BCUT2D eigenvalue weighted by atomic mass is 31.2. The highest BCUT2D eigenvalue weighted by molar-refractivity contribution is 7.45. The van der Waals surface area contributed by atoms with E-state index in [1.807, 2.05) is 27.2 Å². The van der Waals surface area contributed by atoms with Crippen LogP contribution in [0.15, 0.2) is 36.5 Å². The van der Waals surface area contributed by atoms with E-state index in [-0.39, 0.29) is 19.1 Å². The minimum absolute atomic E-state index is 0.00480. The van der Waals surface area contributed by atoms with Gasteiger partial charge >= 0.3 is 0 Å². The molecule has 0 saturated carbocycles. The number of hydrogen-bond acceptors (Lipinski definition) is 6. The Morgan fingerprint density at radius 1 is 0.436 bits per heavy atom. The van der Waals surface area contributed by atoms with Crippen LogP contribution in [0.25, 0.3) is 0 Å². The standard InChI is InChI=1S/C69H135N2O6P/c1-6-8-10-12-14-16-18-20-22-24-26-27-28-29-30-31-32-33-34-35-36-37-38-39-40-41-42-43-45-47-49-51-53-55-57-59-61-63-69(73)70-67(66-77-78(74,75)76-65-64-71(3,4)5)68(72)62-60-58-56-54-52-50-48-46-44-25-23-21-19-17-15-13-11-9-7-2/h33-34,52,54,60,62,67-68,72H,6-32,35-51,53,55-59,61,63-66H2,1-5H3,(H-,70,73,74,75)/b34-33-,54-52+,62-60+. The SMILES string of the molecule is CCCCCCCCCCCCCCC/C=C/CC/C=C/C(O)C(COP(=O)([O-])OCC[N+](C)(C)C)NC(=O)CCCCCCCCCCCCCCCCCCC/C=C\CCCCCCCCCCCCCCCCCC. The molecule has 0 fully saturated rings. The Balaban J connectivity index is 3.98. The Labute approximate surface area is 487 Å². The number of allylic oxidation sites excluding steroid dienone is 5. The van der Waals surface area contributed by atoms with E-state index in [0.717, 1.165) is 38.5 Å². The molecule has 1 amide bonds. The topological polar surface area (TPSA) is 108 Å². The van der Waals surface area contributed by atoms with Crippen molar-refractivity contribution in [3.8, 4) is 0 Å². The Bertz CT molecular complexity index is 1360. The number of rotatable bonds is 64. The van der Waals surface area contributed by atoms with Crippen LogP contribution in [0.3, 0.4) is 0 Å². The first kappa shape index (κ1) is 76.7. The summed E-state index contributed by atoms with van der Waals surface area (Å²) in [5.41, 5.74) is 0. The monoisotopic (exact) mass is 1120 g/mol. The van der Waals surface area contributed by atoms with Crippen molar-refractivity contribution >= 4 is 13.7 Å². The summed E-state index contributed by atoms with van der Waals surface area (Å²) in [6, 6.07) is -0.903. The molecule has 0 radical (unpaired) electrons. The lowest BCUT2D eigenvalue weighted by molar-refractivity contribution is -0.870. The van der Waals surface area contributed by atoms with E-state index in [2.05, 4.69) is 43.5 Å². The fourth-order valence-electron chi connectivity index (χ4n) is 10.5. The molecule has 3 unspecified atom stereocenters. The number of aliphatic hydroxyl groups is 1. The van der Waals surface area contributed by atoms with Crippen LogP contribution in [0, 0.1) is 0 Å². The second-order valence-corrected chi connectivity index (χ2v) is 26.3. The third-order valence-electron chi connectivity index (χ3n) is 15.8. The lowest BCUT2D eigenvalue weighted by atomic mass is 10.0. The fraction of sp³-hybridized carbons (Fsp3) is 0.899. The zero-order valence-electron chi connectivity index (χ0n) is 52.9. The van der Waals surface area contributed by atoms with E-state index < -0.39 is 20.0 Å². The molecule has 3 atom stereocenters. The minimum Gasteiger partial charge on any atom is -0.756 e. The first-order chi connectivity index (χ1) is 38.0. The van der Waals surface area contributed by atoms with Gasteiger partial charge in [0.15, 0.2) is 0 Å². The van der Waals surface area contributed by atoms with Gasteiger partial charge in [0.1, 0.15) is 13.2 Å². The maximum atomic E-state index is 13.0. The van der Waals surface area contributed by atoms with Gasteiger partial charge in [-0.1, -0.05) is 320 Å². The predicted molar refractivity (Wildman–Crippen MR) is 339 cm³/mol. The van der Waals surface area contributed by atoms with E-state index in [4.69, 9.17) is 9.05 Å². The summed E-state index contributed by atoms with van der Waals surface area (Å²) in [6.07, 6.45) is 79.9. The maximum absolute atomic E-state index is 13.0. The Kier molecular flexibility index (Phi) is 59.3. The Hall–Kier alpha value is -1.28. The van der Waals surface area contributed by atoms with Crippen molar-refractivity contribution in [1.82, 2.24) is 5.32 Å². The fourth-order valence-corrected chi connectivity index (χ4v) is 11.2. The number of amides is 1. The summed E-state index contributed by atoms with van der Waals surface area (Å²) in [4.78, 5) is 25.6. The largest absolute Gasteiger partial charge is 0.756 e. The van der Waals surface area contributed by atoms with Gasteiger partial charge in [-0.05, 0) is 57.8 Å². The van der Waals surface area contributed by atoms with Crippen LogP contribution >= 0.6 is 7.82 Å². The smallest absolute Gasteiger partial charge is 0.268 e. The molecule has 0 saturated heterocycles. The number of nitrogens with zero attached hydrogens (tertiary/aromatic N) is 1. The van der Waals surface area contributed by atoms with E-state index >= 15 is 0 Å². The van der Waals surface area contributed by atoms with Crippen LogP contribution in [0.1, 0.15) is 348 Å². The highest BCUT2D eigenvalue weighted by Gasteiger charge is 2.23. The van der Waals surface area contributed by atoms with Crippen molar-refractivity contribution in [2.24, 2.45) is 0 Å². The molecule has 462 valence electrons. The zero-order valence-corrected chi connectivity index (χ0v) is 53.8. The normalized spacial score (nSPS) is 13.9. The van der Waals surface area contributed by atoms with Gasteiger partial charge in [-0.15, -0.1) is 0 Å². The molecule has 0 aromatic rings. The maximum Gasteiger partial charge on any atom is 0.268 e. The second kappa shape index (κ2) is 60.3. The van der Waals surface area contributed by atoms with E-state index in [0.29, 0.717) is 17.4 Å². The van der Waals surface area contributed by atoms with Gasteiger partial charge in [-0.25, -0.2) is 0 Å². The lowest BCUT2D eigenvalue weighted by Gasteiger charge is -2.29. The number of carbonyl (C=O) groups is 1. The van der Waals surface area contributed by atoms with E-state index in [1.165, 1.54) is 289 Å². The lowest BCUT2D eigenvalue weighted by Crippen LogP contribution is -2.45. The molecule has 0 aromatic carbocycles. The molecule has 8 nitrogen and oxygen atoms in total. The van der Waals surface area contributed by atoms with Crippen molar-refractivity contribution in [3.05, 3.63) is 36.5 Å². The molecule has 0 aromatic heterocycles. The van der Waals surface area contributed by atoms with Gasteiger partial charge in [0.25, 0.3) is 7.82 Å². The molecule has 0 spiro atoms. The molecular weight excluding hydrogens is 984 g/mol. The molecule has 0 heterocycles. The third-order valence-corrected chi connectivity index (χ3v) is 16.8. The van der Waals surface area contributed by atoms with Crippen molar-refractivity contribution in [2.75, 3.05) is 40.9 Å². The molecule has 78 heavy (non-hydrogen) atoms. The van der Waals surface area contributed by atoms with Crippen molar-refractivity contribution in [3.63, 3.8) is 0 Å². The van der Waals surface area contributed by atoms with Crippen LogP contribution in [0.4, 0.5) is 0 Å². The van der Waals surface area contributed by atoms with Gasteiger partial charge in [0, 0.05) is 6.42 Å². The quantitative estimate of drug-likeness (QED) is 0.0272. The summed E-state index contributed by atoms with van der Waals surface area (Å²) < 4.78 is 23.4. The van der Waals surface area contributed by atoms with Crippen LogP contribution in [-0.2, 0) is 18.4 Å². The number of phosphoric ester groups is 1. The number of hydrogen-bond donors (Lipinski definition) is 2. The molecule has 0 bridgehead atoms. The number of aliphatic hydroxyl groups excluding tert-OH is 1. The molecular formula is C69H135N2O6P. The summed E-state index contributed by atoms with van der Waals surface area (Å²) in [6.45, 7) is 4.68. The number of likely N-dealkylation sites (N-methyl/N-ethyl adjacent to an activating group) is 1. The van der Waals surface area contributed by atoms with Crippen LogP contribution in [-0.4, -0.2) is 68.5 Å². The molecule has 0 aliphatic carbocycles. The second-order valence-electron chi connectivity index (χ2n) is 24.9. The number of unbranched alkanes of at least 4 members (excludes halogenated alkanes) is 47. The molecule has 0 aliphatic heterocycles. The van der Waals surface area contributed by atoms with Crippen molar-refractivity contribution in [1.29, 1.82) is 0 Å². The first-order valence-electron chi connectivity index (χ1n) is 34.4. The summed E-state index contributed by atoms with van der Waals surface area (Å²) in [5.74, 6) is -0.201. The van der Waals surface area contributed by atoms with Gasteiger partial charge < -0.3 is 28.8 Å². The number of phosphoric acid groups is 1. The zero-order chi connectivity index (χ0) is 57.0. The average molecular weight is 1120 g/mol. The summed E-state index contributed by atoms with van der Waals surface area (Å²) in [7, 11) is 1.26. The number of carbonyl (C=O) groups excluding carboxylic acids is 1. The Morgan fingerprint density at radius 3 is 1.04 bits per heavy atom. The third kappa shape index (κ3) is 62.3. The molecule has 2 N–H and O–H groups in total. The van der Waals surface area contributed by atoms with Gasteiger partial charge in [0.2, 0.25) is 5.91 Å². The number of nitrogens with one attached hydrogen (secondary N) is 1. The first-order valence-corrected chi connectivity index (χ1v) is 35.8. The van der Waals surface area contributed by atoms with Crippen LogP contribution in [0.5, 0.6) is 0 Å². The van der Waals surface area contributed by atoms with E-state index in [1.54, 1.807) is 6.08 Å². The number of quaternary nitrogens is 1. The highest BCUT2D eigenvalue weighted by Crippen LogP contribution is 2.38. The van der Waals surface area contributed by atoms with Crippen molar-refractivity contribution < 1.29 is 32.9 Å². The molecule has 0 rings (SSSR count). The van der Waals surface area contributed by atoms with Gasteiger partial charge in [-0.3, -0.25) is 9.36 Å². The van der Waals surface area contributed by atoms with Crippen LogP contribution in [0.2, 0.25) is 0 Å². The van der Waals surface area contributed by atoms with Gasteiger partial charge in [0.05, 0.1) is 39.9 Å². The minimum atomic E-state index is -4.61.